The molecule has 4 nitrogen and oxygen atoms in total. The number of benzene rings is 2. The van der Waals surface area contributed by atoms with Crippen molar-refractivity contribution < 1.29 is 19.4 Å². The molecule has 0 aromatic heterocycles. The number of carbonyl (C=O) groups is 1. The van der Waals surface area contributed by atoms with Gasteiger partial charge in [-0.3, -0.25) is 0 Å². The van der Waals surface area contributed by atoms with Crippen LogP contribution in [0.3, 0.4) is 0 Å². The van der Waals surface area contributed by atoms with E-state index < -0.39 is 5.97 Å². The van der Waals surface area contributed by atoms with Gasteiger partial charge in [0.15, 0.2) is 11.5 Å². The van der Waals surface area contributed by atoms with Crippen LogP contribution in [0.25, 0.3) is 0 Å². The molecule has 0 atom stereocenters. The summed E-state index contributed by atoms with van der Waals surface area (Å²) in [4.78, 5) is 11.3. The number of ether oxygens (including phenoxy) is 2. The SMILES string of the molecule is COc1cc(Br)cc(C(=O)O)c1OCc1ccc(Cl)cc1. The molecular weight excluding hydrogens is 360 g/mol. The van der Waals surface area contributed by atoms with Crippen LogP contribution in [0.5, 0.6) is 11.5 Å². The van der Waals surface area contributed by atoms with Gasteiger partial charge in [0.2, 0.25) is 0 Å². The van der Waals surface area contributed by atoms with Crippen molar-refractivity contribution in [2.45, 2.75) is 6.61 Å². The summed E-state index contributed by atoms with van der Waals surface area (Å²) in [5.74, 6) is -0.528. The maximum atomic E-state index is 11.3. The summed E-state index contributed by atoms with van der Waals surface area (Å²) in [6.07, 6.45) is 0. The van der Waals surface area contributed by atoms with Gasteiger partial charge < -0.3 is 14.6 Å². The van der Waals surface area contributed by atoms with E-state index in [0.29, 0.717) is 15.2 Å². The summed E-state index contributed by atoms with van der Waals surface area (Å²) in [5, 5.41) is 9.90. The maximum Gasteiger partial charge on any atom is 0.339 e. The molecule has 21 heavy (non-hydrogen) atoms. The van der Waals surface area contributed by atoms with E-state index in [0.717, 1.165) is 5.56 Å². The average Bonchev–Trinajstić information content (AvgIpc) is 2.46. The van der Waals surface area contributed by atoms with Gasteiger partial charge in [0.25, 0.3) is 0 Å². The summed E-state index contributed by atoms with van der Waals surface area (Å²) in [7, 11) is 1.46. The monoisotopic (exact) mass is 370 g/mol. The third-order valence-corrected chi connectivity index (χ3v) is 3.48. The van der Waals surface area contributed by atoms with Gasteiger partial charge in [0.05, 0.1) is 7.11 Å². The van der Waals surface area contributed by atoms with Gasteiger partial charge in [-0.05, 0) is 29.8 Å². The quantitative estimate of drug-likeness (QED) is 0.847. The highest BCUT2D eigenvalue weighted by Crippen LogP contribution is 2.35. The Balaban J connectivity index is 2.29. The fraction of sp³-hybridized carbons (Fsp3) is 0.133. The van der Waals surface area contributed by atoms with Crippen LogP contribution < -0.4 is 9.47 Å². The van der Waals surface area contributed by atoms with E-state index in [9.17, 15) is 9.90 Å². The van der Waals surface area contributed by atoms with Gasteiger partial charge in [-0.2, -0.15) is 0 Å². The number of carboxylic acids is 1. The minimum Gasteiger partial charge on any atom is -0.493 e. The van der Waals surface area contributed by atoms with Crippen molar-refractivity contribution in [2.24, 2.45) is 0 Å². The minimum absolute atomic E-state index is 0.0372. The standard InChI is InChI=1S/C15H12BrClO4/c1-20-13-7-10(16)6-12(15(18)19)14(13)21-8-9-2-4-11(17)5-3-9/h2-7H,8H2,1H3,(H,18,19). The predicted molar refractivity (Wildman–Crippen MR) is 83.4 cm³/mol. The van der Waals surface area contributed by atoms with Crippen LogP contribution in [0.15, 0.2) is 40.9 Å². The Kier molecular flexibility index (Phi) is 5.09. The van der Waals surface area contributed by atoms with Crippen molar-refractivity contribution in [1.82, 2.24) is 0 Å². The fourth-order valence-corrected chi connectivity index (χ4v) is 2.33. The Hall–Kier alpha value is -1.72. The highest BCUT2D eigenvalue weighted by Gasteiger charge is 2.18. The molecule has 0 heterocycles. The summed E-state index contributed by atoms with van der Waals surface area (Å²) >= 11 is 9.06. The number of carboxylic acid groups (broad SMARTS) is 1. The molecule has 2 aromatic rings. The van der Waals surface area contributed by atoms with Gasteiger partial charge >= 0.3 is 5.97 Å². The molecule has 0 radical (unpaired) electrons. The van der Waals surface area contributed by atoms with Crippen molar-refractivity contribution in [3.05, 3.63) is 57.0 Å². The molecule has 2 aromatic carbocycles. The van der Waals surface area contributed by atoms with E-state index in [1.165, 1.54) is 13.2 Å². The van der Waals surface area contributed by atoms with Crippen LogP contribution in [0, 0.1) is 0 Å². The lowest BCUT2D eigenvalue weighted by Gasteiger charge is -2.14. The van der Waals surface area contributed by atoms with Crippen LogP contribution >= 0.6 is 27.5 Å². The van der Waals surface area contributed by atoms with Crippen LogP contribution in [0.4, 0.5) is 0 Å². The zero-order valence-electron chi connectivity index (χ0n) is 11.1. The minimum atomic E-state index is -1.08. The van der Waals surface area contributed by atoms with Crippen LogP contribution in [-0.4, -0.2) is 18.2 Å². The van der Waals surface area contributed by atoms with E-state index in [2.05, 4.69) is 15.9 Å². The molecule has 0 bridgehead atoms. The number of hydrogen-bond acceptors (Lipinski definition) is 3. The fourth-order valence-electron chi connectivity index (χ4n) is 1.76. The second kappa shape index (κ2) is 6.83. The first-order chi connectivity index (χ1) is 10.0. The second-order valence-electron chi connectivity index (χ2n) is 4.21. The number of aromatic carboxylic acids is 1. The Morgan fingerprint density at radius 2 is 1.95 bits per heavy atom. The van der Waals surface area contributed by atoms with Crippen LogP contribution in [0.1, 0.15) is 15.9 Å². The van der Waals surface area contributed by atoms with E-state index >= 15 is 0 Å². The first-order valence-electron chi connectivity index (χ1n) is 5.99. The van der Waals surface area contributed by atoms with Crippen molar-refractivity contribution >= 4 is 33.5 Å². The first-order valence-corrected chi connectivity index (χ1v) is 7.16. The molecule has 0 saturated heterocycles. The predicted octanol–water partition coefficient (Wildman–Crippen LogP) is 4.39. The molecular formula is C15H12BrClO4. The number of halogens is 2. The largest absolute Gasteiger partial charge is 0.493 e. The highest BCUT2D eigenvalue weighted by atomic mass is 79.9. The lowest BCUT2D eigenvalue weighted by Crippen LogP contribution is -2.05. The van der Waals surface area contributed by atoms with E-state index in [4.69, 9.17) is 21.1 Å². The summed E-state index contributed by atoms with van der Waals surface area (Å²) in [6, 6.07) is 10.3. The van der Waals surface area contributed by atoms with Crippen LogP contribution in [-0.2, 0) is 6.61 Å². The van der Waals surface area contributed by atoms with Gasteiger partial charge in [-0.15, -0.1) is 0 Å². The molecule has 0 fully saturated rings. The van der Waals surface area contributed by atoms with Crippen molar-refractivity contribution in [3.63, 3.8) is 0 Å². The number of methoxy groups -OCH3 is 1. The summed E-state index contributed by atoms with van der Waals surface area (Å²) < 4.78 is 11.4. The van der Waals surface area contributed by atoms with Crippen molar-refractivity contribution in [2.75, 3.05) is 7.11 Å². The third-order valence-electron chi connectivity index (χ3n) is 2.77. The molecule has 0 unspecified atom stereocenters. The topological polar surface area (TPSA) is 55.8 Å². The lowest BCUT2D eigenvalue weighted by molar-refractivity contribution is 0.0690. The summed E-state index contributed by atoms with van der Waals surface area (Å²) in [5.41, 5.74) is 0.913. The summed E-state index contributed by atoms with van der Waals surface area (Å²) in [6.45, 7) is 0.218. The molecule has 6 heteroatoms. The molecule has 0 aliphatic heterocycles. The van der Waals surface area contributed by atoms with Gasteiger partial charge in [-0.1, -0.05) is 39.7 Å². The van der Waals surface area contributed by atoms with Gasteiger partial charge in [0.1, 0.15) is 12.2 Å². The van der Waals surface area contributed by atoms with Gasteiger partial charge in [0, 0.05) is 9.50 Å². The third kappa shape index (κ3) is 3.89. The number of rotatable bonds is 5. The molecule has 1 N–H and O–H groups in total. The molecule has 2 rings (SSSR count). The lowest BCUT2D eigenvalue weighted by atomic mass is 10.2. The average molecular weight is 372 g/mol. The first kappa shape index (κ1) is 15.7. The van der Waals surface area contributed by atoms with E-state index in [1.54, 1.807) is 18.2 Å². The molecule has 0 aliphatic carbocycles. The molecule has 0 spiro atoms. The Labute approximate surface area is 135 Å². The second-order valence-corrected chi connectivity index (χ2v) is 5.56. The van der Waals surface area contributed by atoms with Gasteiger partial charge in [-0.25, -0.2) is 4.79 Å². The zero-order valence-corrected chi connectivity index (χ0v) is 13.4. The molecule has 110 valence electrons. The van der Waals surface area contributed by atoms with E-state index in [1.807, 2.05) is 12.1 Å². The molecule has 0 saturated carbocycles. The maximum absolute atomic E-state index is 11.3. The van der Waals surface area contributed by atoms with Crippen molar-refractivity contribution in [1.29, 1.82) is 0 Å². The molecule has 0 aliphatic rings. The van der Waals surface area contributed by atoms with E-state index in [-0.39, 0.29) is 17.9 Å². The Morgan fingerprint density at radius 3 is 2.52 bits per heavy atom. The number of hydrogen-bond donors (Lipinski definition) is 1. The zero-order chi connectivity index (χ0) is 15.4. The molecule has 0 amide bonds. The van der Waals surface area contributed by atoms with Crippen LogP contribution in [0.2, 0.25) is 5.02 Å². The van der Waals surface area contributed by atoms with Crippen molar-refractivity contribution in [3.8, 4) is 11.5 Å². The Bertz CT molecular complexity index is 655. The normalized spacial score (nSPS) is 10.2. The highest BCUT2D eigenvalue weighted by molar-refractivity contribution is 9.10. The smallest absolute Gasteiger partial charge is 0.339 e. The Morgan fingerprint density at radius 1 is 1.29 bits per heavy atom.